The molecule has 1 aromatic heterocycles. The van der Waals surface area contributed by atoms with E-state index < -0.39 is 5.41 Å². The van der Waals surface area contributed by atoms with Crippen LogP contribution in [0.25, 0.3) is 0 Å². The monoisotopic (exact) mass is 520 g/mol. The van der Waals surface area contributed by atoms with E-state index in [0.29, 0.717) is 43.1 Å². The van der Waals surface area contributed by atoms with Crippen LogP contribution in [0.15, 0.2) is 72.9 Å². The summed E-state index contributed by atoms with van der Waals surface area (Å²) in [6.45, 7) is 4.33. The fraction of sp³-hybridized carbons (Fsp3) is 0.394. The zero-order valence-electron chi connectivity index (χ0n) is 22.7. The number of carbonyl (C=O) groups excluding carboxylic acids is 2. The first kappa shape index (κ1) is 26.6. The topological polar surface area (TPSA) is 77.3 Å². The number of piperidine rings is 2. The summed E-state index contributed by atoms with van der Waals surface area (Å²) in [4.78, 5) is 35.0. The molecule has 3 aromatic rings. The third kappa shape index (κ3) is 5.88. The Hall–Kier alpha value is -3.98. The molecule has 5 rings (SSSR count). The highest BCUT2D eigenvalue weighted by Gasteiger charge is 2.38. The molecule has 39 heavy (non-hydrogen) atoms. The van der Waals surface area contributed by atoms with Crippen molar-refractivity contribution >= 4 is 11.8 Å². The van der Waals surface area contributed by atoms with Gasteiger partial charge in [0.05, 0.1) is 11.5 Å². The predicted molar refractivity (Wildman–Crippen MR) is 151 cm³/mol. The third-order valence-corrected chi connectivity index (χ3v) is 8.58. The normalized spacial score (nSPS) is 17.4. The van der Waals surface area contributed by atoms with Gasteiger partial charge in [-0.3, -0.25) is 14.6 Å². The van der Waals surface area contributed by atoms with Gasteiger partial charge in [-0.05, 0) is 74.1 Å². The van der Waals surface area contributed by atoms with Crippen LogP contribution in [0.3, 0.4) is 0 Å². The molecule has 2 aromatic carbocycles. The number of hydrogen-bond acceptors (Lipinski definition) is 4. The highest BCUT2D eigenvalue weighted by Crippen LogP contribution is 2.35. The molecule has 0 N–H and O–H groups in total. The van der Waals surface area contributed by atoms with Crippen molar-refractivity contribution in [3.8, 4) is 6.07 Å². The quantitative estimate of drug-likeness (QED) is 0.426. The fourth-order valence-corrected chi connectivity index (χ4v) is 5.96. The van der Waals surface area contributed by atoms with Gasteiger partial charge < -0.3 is 9.80 Å². The first-order valence-corrected chi connectivity index (χ1v) is 14.0. The Morgan fingerprint density at radius 2 is 1.54 bits per heavy atom. The van der Waals surface area contributed by atoms with Crippen LogP contribution in [0.4, 0.5) is 0 Å². The Balaban J connectivity index is 1.19. The number of likely N-dealkylation sites (tertiary alicyclic amines) is 2. The molecule has 0 atom stereocenters. The second kappa shape index (κ2) is 11.8. The molecule has 0 spiro atoms. The summed E-state index contributed by atoms with van der Waals surface area (Å²) in [5.74, 6) is 0.431. The highest BCUT2D eigenvalue weighted by atomic mass is 16.2. The smallest absolute Gasteiger partial charge is 0.272 e. The molecule has 2 saturated heterocycles. The van der Waals surface area contributed by atoms with E-state index in [4.69, 9.17) is 0 Å². The number of pyridine rings is 1. The molecule has 3 heterocycles. The number of nitriles is 1. The molecule has 200 valence electrons. The van der Waals surface area contributed by atoms with Crippen molar-refractivity contribution in [2.24, 2.45) is 5.92 Å². The van der Waals surface area contributed by atoms with Gasteiger partial charge >= 0.3 is 0 Å². The summed E-state index contributed by atoms with van der Waals surface area (Å²) in [7, 11) is 0. The maximum atomic E-state index is 13.5. The predicted octanol–water partition coefficient (Wildman–Crippen LogP) is 5.57. The molecule has 0 unspecified atom stereocenters. The highest BCUT2D eigenvalue weighted by molar-refractivity contribution is 5.99. The summed E-state index contributed by atoms with van der Waals surface area (Å²) in [5.41, 5.74) is 3.44. The minimum absolute atomic E-state index is 0.0170. The van der Waals surface area contributed by atoms with E-state index in [-0.39, 0.29) is 11.8 Å². The number of aromatic nitrogens is 1. The van der Waals surface area contributed by atoms with Crippen LogP contribution in [0.5, 0.6) is 0 Å². The second-order valence-electron chi connectivity index (χ2n) is 11.0. The average molecular weight is 521 g/mol. The Bertz CT molecular complexity index is 1330. The summed E-state index contributed by atoms with van der Waals surface area (Å²) < 4.78 is 0. The van der Waals surface area contributed by atoms with Crippen LogP contribution in [0, 0.1) is 24.2 Å². The minimum Gasteiger partial charge on any atom is -0.339 e. The molecule has 0 saturated carbocycles. The molecule has 2 aliphatic heterocycles. The SMILES string of the molecule is Cc1cnc(C(=O)N2CCC(C#N)(c3ccccc3)CC2)cc1C(=O)N1CCC(CCc2ccccc2)CC1. The zero-order valence-corrected chi connectivity index (χ0v) is 22.7. The van der Waals surface area contributed by atoms with Crippen LogP contribution in [-0.2, 0) is 11.8 Å². The summed E-state index contributed by atoms with van der Waals surface area (Å²) in [6, 6.07) is 24.6. The lowest BCUT2D eigenvalue weighted by Crippen LogP contribution is -2.45. The van der Waals surface area contributed by atoms with Crippen LogP contribution in [0.2, 0.25) is 0 Å². The van der Waals surface area contributed by atoms with Gasteiger partial charge in [-0.25, -0.2) is 0 Å². The van der Waals surface area contributed by atoms with Gasteiger partial charge in [-0.2, -0.15) is 5.26 Å². The molecule has 0 bridgehead atoms. The Labute approximate surface area is 231 Å². The Kier molecular flexibility index (Phi) is 8.07. The van der Waals surface area contributed by atoms with E-state index in [1.165, 1.54) is 5.56 Å². The van der Waals surface area contributed by atoms with Crippen molar-refractivity contribution in [1.29, 1.82) is 5.26 Å². The van der Waals surface area contributed by atoms with E-state index in [1.54, 1.807) is 17.2 Å². The van der Waals surface area contributed by atoms with Gasteiger partial charge in [0, 0.05) is 37.9 Å². The maximum absolute atomic E-state index is 13.5. The van der Waals surface area contributed by atoms with E-state index in [1.807, 2.05) is 48.2 Å². The molecule has 2 aliphatic rings. The number of rotatable bonds is 6. The number of hydrogen-bond donors (Lipinski definition) is 0. The third-order valence-electron chi connectivity index (χ3n) is 8.58. The molecule has 2 fully saturated rings. The Morgan fingerprint density at radius 3 is 2.18 bits per heavy atom. The maximum Gasteiger partial charge on any atom is 0.272 e. The van der Waals surface area contributed by atoms with Crippen LogP contribution < -0.4 is 0 Å². The van der Waals surface area contributed by atoms with E-state index in [0.717, 1.165) is 49.9 Å². The van der Waals surface area contributed by atoms with E-state index in [2.05, 4.69) is 35.3 Å². The zero-order chi connectivity index (χ0) is 27.2. The molecular formula is C33H36N4O2. The summed E-state index contributed by atoms with van der Waals surface area (Å²) in [6.07, 6.45) is 7.03. The van der Waals surface area contributed by atoms with Crippen molar-refractivity contribution in [1.82, 2.24) is 14.8 Å². The standard InChI is InChI=1S/C33H36N4O2/c1-25-23-35-30(32(39)37-20-16-33(24-34,17-21-37)28-10-6-3-7-11-28)22-29(25)31(38)36-18-14-27(15-19-36)13-12-26-8-4-2-5-9-26/h2-11,22-23,27H,12-21H2,1H3. The van der Waals surface area contributed by atoms with Crippen LogP contribution in [0.1, 0.15) is 69.6 Å². The van der Waals surface area contributed by atoms with Crippen molar-refractivity contribution in [3.05, 3.63) is 101 Å². The second-order valence-corrected chi connectivity index (χ2v) is 11.0. The minimum atomic E-state index is -0.576. The molecule has 0 radical (unpaired) electrons. The largest absolute Gasteiger partial charge is 0.339 e. The average Bonchev–Trinajstić information content (AvgIpc) is 3.01. The van der Waals surface area contributed by atoms with Crippen molar-refractivity contribution in [2.75, 3.05) is 26.2 Å². The number of nitrogens with zero attached hydrogens (tertiary/aromatic N) is 4. The number of aryl methyl sites for hydroxylation is 2. The van der Waals surface area contributed by atoms with Crippen molar-refractivity contribution in [3.63, 3.8) is 0 Å². The molecule has 6 nitrogen and oxygen atoms in total. The first-order valence-electron chi connectivity index (χ1n) is 14.0. The van der Waals surface area contributed by atoms with Crippen LogP contribution in [-0.4, -0.2) is 52.8 Å². The number of benzene rings is 2. The van der Waals surface area contributed by atoms with Gasteiger partial charge in [0.2, 0.25) is 0 Å². The van der Waals surface area contributed by atoms with Gasteiger partial charge in [0.1, 0.15) is 5.69 Å². The van der Waals surface area contributed by atoms with Crippen molar-refractivity contribution in [2.45, 2.75) is 50.9 Å². The summed E-state index contributed by atoms with van der Waals surface area (Å²) >= 11 is 0. The fourth-order valence-electron chi connectivity index (χ4n) is 5.96. The van der Waals surface area contributed by atoms with Crippen LogP contribution >= 0.6 is 0 Å². The van der Waals surface area contributed by atoms with E-state index in [9.17, 15) is 14.9 Å². The van der Waals surface area contributed by atoms with E-state index >= 15 is 0 Å². The summed E-state index contributed by atoms with van der Waals surface area (Å²) in [5, 5.41) is 9.98. The van der Waals surface area contributed by atoms with Crippen molar-refractivity contribution < 1.29 is 9.59 Å². The van der Waals surface area contributed by atoms with Gasteiger partial charge in [-0.15, -0.1) is 0 Å². The van der Waals surface area contributed by atoms with Gasteiger partial charge in [-0.1, -0.05) is 60.7 Å². The number of amides is 2. The van der Waals surface area contributed by atoms with Gasteiger partial charge in [0.25, 0.3) is 11.8 Å². The first-order chi connectivity index (χ1) is 19.0. The van der Waals surface area contributed by atoms with Gasteiger partial charge in [0.15, 0.2) is 0 Å². The number of carbonyl (C=O) groups is 2. The molecular weight excluding hydrogens is 484 g/mol. The Morgan fingerprint density at radius 1 is 0.923 bits per heavy atom. The molecule has 6 heteroatoms. The lowest BCUT2D eigenvalue weighted by atomic mass is 9.74. The molecule has 2 amide bonds. The molecule has 0 aliphatic carbocycles. The lowest BCUT2D eigenvalue weighted by Gasteiger charge is -2.37. The lowest BCUT2D eigenvalue weighted by molar-refractivity contribution is 0.0683.